The second-order valence-electron chi connectivity index (χ2n) is 5.09. The van der Waals surface area contributed by atoms with Crippen LogP contribution in [0, 0.1) is 0 Å². The van der Waals surface area contributed by atoms with Gasteiger partial charge in [0.25, 0.3) is 0 Å². The first-order valence-electron chi connectivity index (χ1n) is 6.13. The molecule has 0 spiro atoms. The molecule has 4 heteroatoms. The molecule has 2 aliphatic rings. The van der Waals surface area contributed by atoms with Crippen LogP contribution in [-0.2, 0) is 14.2 Å². The van der Waals surface area contributed by atoms with Crippen LogP contribution in [0.1, 0.15) is 25.7 Å². The molecule has 1 unspecified atom stereocenters. The van der Waals surface area contributed by atoms with E-state index in [2.05, 4.69) is 5.32 Å². The molecule has 2 saturated heterocycles. The van der Waals surface area contributed by atoms with E-state index in [-0.39, 0.29) is 11.2 Å². The first-order valence-corrected chi connectivity index (χ1v) is 6.13. The molecule has 2 rings (SSSR count). The summed E-state index contributed by atoms with van der Waals surface area (Å²) in [5.41, 5.74) is -0.152. The van der Waals surface area contributed by atoms with Gasteiger partial charge in [-0.3, -0.25) is 0 Å². The number of rotatable bonds is 5. The van der Waals surface area contributed by atoms with Crippen molar-refractivity contribution in [3.63, 3.8) is 0 Å². The van der Waals surface area contributed by atoms with Gasteiger partial charge in [0.2, 0.25) is 0 Å². The molecular weight excluding hydrogens is 206 g/mol. The molecule has 0 aromatic rings. The van der Waals surface area contributed by atoms with Gasteiger partial charge in [0.05, 0.1) is 17.8 Å². The van der Waals surface area contributed by atoms with E-state index in [0.717, 1.165) is 32.5 Å². The predicted octanol–water partition coefficient (Wildman–Crippen LogP) is 0.951. The molecule has 0 aliphatic carbocycles. The summed E-state index contributed by atoms with van der Waals surface area (Å²) in [5.74, 6) is 0. The maximum Gasteiger partial charge on any atom is 0.0954 e. The quantitative estimate of drug-likeness (QED) is 0.762. The molecule has 2 fully saturated rings. The molecule has 0 bridgehead atoms. The average molecular weight is 229 g/mol. The maximum absolute atomic E-state index is 6.01. The van der Waals surface area contributed by atoms with Crippen LogP contribution in [0.15, 0.2) is 0 Å². The maximum atomic E-state index is 6.01. The monoisotopic (exact) mass is 229 g/mol. The van der Waals surface area contributed by atoms with Gasteiger partial charge >= 0.3 is 0 Å². The van der Waals surface area contributed by atoms with E-state index < -0.39 is 0 Å². The molecule has 2 heterocycles. The standard InChI is InChI=1S/C12H23NO3/c1-14-10-11(5-3-4-6-16-11)7-12(15-2)8-13-9-12/h13H,3-10H2,1-2H3. The highest BCUT2D eigenvalue weighted by Gasteiger charge is 2.46. The number of ether oxygens (including phenoxy) is 3. The van der Waals surface area contributed by atoms with Crippen LogP contribution < -0.4 is 5.32 Å². The Morgan fingerprint density at radius 2 is 2.06 bits per heavy atom. The number of hydrogen-bond donors (Lipinski definition) is 1. The van der Waals surface area contributed by atoms with E-state index in [1.165, 1.54) is 12.8 Å². The number of hydrogen-bond acceptors (Lipinski definition) is 4. The fraction of sp³-hybridized carbons (Fsp3) is 1.00. The summed E-state index contributed by atoms with van der Waals surface area (Å²) in [6.07, 6.45) is 4.43. The van der Waals surface area contributed by atoms with Crippen molar-refractivity contribution in [2.45, 2.75) is 36.9 Å². The van der Waals surface area contributed by atoms with Crippen molar-refractivity contribution in [1.82, 2.24) is 5.32 Å². The van der Waals surface area contributed by atoms with Crippen LogP contribution in [0.5, 0.6) is 0 Å². The van der Waals surface area contributed by atoms with Crippen molar-refractivity contribution in [1.29, 1.82) is 0 Å². The van der Waals surface area contributed by atoms with Crippen LogP contribution >= 0.6 is 0 Å². The van der Waals surface area contributed by atoms with Crippen molar-refractivity contribution in [2.24, 2.45) is 0 Å². The Bertz CT molecular complexity index is 211. The Morgan fingerprint density at radius 1 is 1.25 bits per heavy atom. The molecule has 0 saturated carbocycles. The van der Waals surface area contributed by atoms with Crippen LogP contribution in [0.25, 0.3) is 0 Å². The third kappa shape index (κ3) is 2.40. The molecule has 1 atom stereocenters. The van der Waals surface area contributed by atoms with Crippen molar-refractivity contribution in [3.05, 3.63) is 0 Å². The van der Waals surface area contributed by atoms with Crippen molar-refractivity contribution < 1.29 is 14.2 Å². The molecule has 94 valence electrons. The summed E-state index contributed by atoms with van der Waals surface area (Å²) in [7, 11) is 3.54. The lowest BCUT2D eigenvalue weighted by molar-refractivity contribution is -0.171. The van der Waals surface area contributed by atoms with Crippen molar-refractivity contribution in [2.75, 3.05) is 40.5 Å². The van der Waals surface area contributed by atoms with Gasteiger partial charge in [0.1, 0.15) is 0 Å². The van der Waals surface area contributed by atoms with Crippen LogP contribution in [-0.4, -0.2) is 51.7 Å². The Hall–Kier alpha value is -0.160. The molecule has 0 aromatic heterocycles. The summed E-state index contributed by atoms with van der Waals surface area (Å²) >= 11 is 0. The molecule has 0 radical (unpaired) electrons. The zero-order valence-electron chi connectivity index (χ0n) is 10.4. The van der Waals surface area contributed by atoms with Gasteiger partial charge in [-0.2, -0.15) is 0 Å². The van der Waals surface area contributed by atoms with Crippen LogP contribution in [0.2, 0.25) is 0 Å². The molecule has 1 N–H and O–H groups in total. The van der Waals surface area contributed by atoms with Crippen molar-refractivity contribution >= 4 is 0 Å². The Kier molecular flexibility index (Phi) is 3.85. The third-order valence-electron chi connectivity index (χ3n) is 3.81. The van der Waals surface area contributed by atoms with E-state index in [1.807, 2.05) is 0 Å². The lowest BCUT2D eigenvalue weighted by Crippen LogP contribution is -2.64. The van der Waals surface area contributed by atoms with Gasteiger partial charge in [-0.05, 0) is 19.3 Å². The molecule has 4 nitrogen and oxygen atoms in total. The second kappa shape index (κ2) is 5.00. The van der Waals surface area contributed by atoms with E-state index in [4.69, 9.17) is 14.2 Å². The van der Waals surface area contributed by atoms with Crippen LogP contribution in [0.4, 0.5) is 0 Å². The topological polar surface area (TPSA) is 39.7 Å². The zero-order valence-corrected chi connectivity index (χ0v) is 10.4. The molecular formula is C12H23NO3. The van der Waals surface area contributed by atoms with Gasteiger partial charge in [-0.15, -0.1) is 0 Å². The van der Waals surface area contributed by atoms with Crippen LogP contribution in [0.3, 0.4) is 0 Å². The number of nitrogens with one attached hydrogen (secondary N) is 1. The lowest BCUT2D eigenvalue weighted by Gasteiger charge is -2.48. The Labute approximate surface area is 97.6 Å². The van der Waals surface area contributed by atoms with Crippen molar-refractivity contribution in [3.8, 4) is 0 Å². The summed E-state index contributed by atoms with van der Waals surface area (Å²) in [5, 5.41) is 3.28. The van der Waals surface area contributed by atoms with E-state index in [0.29, 0.717) is 6.61 Å². The van der Waals surface area contributed by atoms with E-state index >= 15 is 0 Å². The zero-order chi connectivity index (χ0) is 11.5. The van der Waals surface area contributed by atoms with Gasteiger partial charge in [0, 0.05) is 40.3 Å². The highest BCUT2D eigenvalue weighted by molar-refractivity contribution is 5.01. The van der Waals surface area contributed by atoms with Gasteiger partial charge in [-0.1, -0.05) is 0 Å². The normalized spacial score (nSPS) is 33.4. The minimum absolute atomic E-state index is 0.0319. The molecule has 0 amide bonds. The smallest absolute Gasteiger partial charge is 0.0954 e. The molecule has 0 aromatic carbocycles. The lowest BCUT2D eigenvalue weighted by atomic mass is 9.79. The second-order valence-corrected chi connectivity index (χ2v) is 5.09. The largest absolute Gasteiger partial charge is 0.382 e. The summed E-state index contributed by atoms with van der Waals surface area (Å²) in [6.45, 7) is 3.39. The van der Waals surface area contributed by atoms with Gasteiger partial charge in [-0.25, -0.2) is 0 Å². The SMILES string of the molecule is COCC1(CC2(OC)CNC2)CCCCO1. The van der Waals surface area contributed by atoms with E-state index in [1.54, 1.807) is 14.2 Å². The minimum atomic E-state index is -0.120. The highest BCUT2D eigenvalue weighted by atomic mass is 16.5. The summed E-state index contributed by atoms with van der Waals surface area (Å²) in [4.78, 5) is 0. The van der Waals surface area contributed by atoms with E-state index in [9.17, 15) is 0 Å². The molecule has 2 aliphatic heterocycles. The summed E-state index contributed by atoms with van der Waals surface area (Å²) in [6, 6.07) is 0. The fourth-order valence-electron chi connectivity index (χ4n) is 2.81. The first-order chi connectivity index (χ1) is 7.74. The fourth-order valence-corrected chi connectivity index (χ4v) is 2.81. The number of methoxy groups -OCH3 is 2. The first kappa shape index (κ1) is 12.3. The van der Waals surface area contributed by atoms with Gasteiger partial charge < -0.3 is 19.5 Å². The minimum Gasteiger partial charge on any atom is -0.382 e. The predicted molar refractivity (Wildman–Crippen MR) is 61.6 cm³/mol. The third-order valence-corrected chi connectivity index (χ3v) is 3.81. The Morgan fingerprint density at radius 3 is 2.50 bits per heavy atom. The van der Waals surface area contributed by atoms with Gasteiger partial charge in [0.15, 0.2) is 0 Å². The summed E-state index contributed by atoms with van der Waals surface area (Å²) < 4.78 is 17.0. The average Bonchev–Trinajstić information content (AvgIpc) is 2.25. The Balaban J connectivity index is 2.00. The molecule has 16 heavy (non-hydrogen) atoms. The highest BCUT2D eigenvalue weighted by Crippen LogP contribution is 2.36.